The average Bonchev–Trinajstić information content (AvgIpc) is 2.04. The van der Waals surface area contributed by atoms with Gasteiger partial charge in [-0.25, -0.2) is 0 Å². The first-order chi connectivity index (χ1) is 5.89. The molecule has 0 unspecified atom stereocenters. The number of aliphatic hydroxyl groups is 1. The highest BCUT2D eigenvalue weighted by atomic mass is 32.1. The Labute approximate surface area is 80.1 Å². The van der Waals surface area contributed by atoms with Crippen LogP contribution < -0.4 is 4.72 Å². The predicted octanol–water partition coefficient (Wildman–Crippen LogP) is 1.66. The topological polar surface area (TPSA) is 32.3 Å². The molecule has 1 saturated carbocycles. The monoisotopic (exact) mass is 215 g/mol. The second kappa shape index (κ2) is 3.67. The van der Waals surface area contributed by atoms with Gasteiger partial charge in [0.1, 0.15) is 0 Å². The smallest absolute Gasteiger partial charge is 0.380 e. The molecule has 13 heavy (non-hydrogen) atoms. The van der Waals surface area contributed by atoms with Crippen LogP contribution in [-0.2, 0) is 0 Å². The number of hydrogen-bond acceptors (Lipinski definition) is 3. The minimum atomic E-state index is -4.51. The number of alkyl halides is 3. The van der Waals surface area contributed by atoms with Crippen molar-refractivity contribution in [2.45, 2.75) is 43.5 Å². The van der Waals surface area contributed by atoms with E-state index in [2.05, 4.69) is 17.5 Å². The molecule has 0 aromatic heterocycles. The van der Waals surface area contributed by atoms with E-state index in [1.165, 1.54) is 0 Å². The largest absolute Gasteiger partial charge is 0.417 e. The molecular formula is C7H12F3NOS. The quantitative estimate of drug-likeness (QED) is 0.581. The molecule has 0 spiro atoms. The summed E-state index contributed by atoms with van der Waals surface area (Å²) in [5, 5.41) is 9.24. The third kappa shape index (κ3) is 2.30. The van der Waals surface area contributed by atoms with Crippen LogP contribution in [0.2, 0.25) is 0 Å². The molecule has 6 heteroatoms. The molecule has 2 nitrogen and oxygen atoms in total. The van der Waals surface area contributed by atoms with Crippen molar-refractivity contribution in [1.29, 1.82) is 0 Å². The van der Waals surface area contributed by atoms with Crippen LogP contribution in [0.4, 0.5) is 13.2 Å². The number of halogens is 3. The highest BCUT2D eigenvalue weighted by molar-refractivity contribution is 7.78. The maximum Gasteiger partial charge on any atom is 0.417 e. The molecule has 0 heterocycles. The van der Waals surface area contributed by atoms with E-state index in [1.54, 1.807) is 0 Å². The van der Waals surface area contributed by atoms with Gasteiger partial charge in [0.2, 0.25) is 0 Å². The van der Waals surface area contributed by atoms with Crippen LogP contribution in [0.1, 0.15) is 25.7 Å². The Bertz CT molecular complexity index is 177. The molecule has 0 aromatic rings. The van der Waals surface area contributed by atoms with Crippen molar-refractivity contribution in [3.05, 3.63) is 0 Å². The molecule has 0 radical (unpaired) electrons. The zero-order chi connectivity index (χ0) is 10.1. The van der Waals surface area contributed by atoms with Gasteiger partial charge in [0.05, 0.1) is 0 Å². The summed E-state index contributed by atoms with van der Waals surface area (Å²) < 4.78 is 39.4. The summed E-state index contributed by atoms with van der Waals surface area (Å²) in [6, 6.07) is -0.0223. The van der Waals surface area contributed by atoms with Gasteiger partial charge in [-0.2, -0.15) is 13.2 Å². The molecule has 1 aliphatic rings. The minimum Gasteiger partial charge on any atom is -0.380 e. The molecule has 1 rings (SSSR count). The van der Waals surface area contributed by atoms with Crippen molar-refractivity contribution >= 4 is 12.8 Å². The minimum absolute atomic E-state index is 0.0223. The summed E-state index contributed by atoms with van der Waals surface area (Å²) in [7, 11) is 0. The lowest BCUT2D eigenvalue weighted by atomic mass is 9.82. The average molecular weight is 215 g/mol. The van der Waals surface area contributed by atoms with E-state index in [0.29, 0.717) is 12.8 Å². The molecule has 0 aliphatic heterocycles. The molecule has 1 fully saturated rings. The Morgan fingerprint density at radius 2 is 1.77 bits per heavy atom. The first-order valence-electron chi connectivity index (χ1n) is 4.08. The van der Waals surface area contributed by atoms with Crippen LogP contribution in [0, 0.1) is 0 Å². The van der Waals surface area contributed by atoms with E-state index in [9.17, 15) is 18.3 Å². The molecular weight excluding hydrogens is 203 g/mol. The van der Waals surface area contributed by atoms with Gasteiger partial charge in [0, 0.05) is 6.04 Å². The second-order valence-electron chi connectivity index (χ2n) is 3.43. The van der Waals surface area contributed by atoms with E-state index in [1.807, 2.05) is 0 Å². The van der Waals surface area contributed by atoms with Gasteiger partial charge in [0.25, 0.3) is 0 Å². The van der Waals surface area contributed by atoms with Crippen LogP contribution in [0.25, 0.3) is 0 Å². The van der Waals surface area contributed by atoms with Gasteiger partial charge in [-0.3, -0.25) is 4.72 Å². The normalized spacial score (nSPS) is 36.2. The maximum atomic E-state index is 12.3. The van der Waals surface area contributed by atoms with Crippen molar-refractivity contribution in [2.75, 3.05) is 0 Å². The Morgan fingerprint density at radius 1 is 1.31 bits per heavy atom. The molecule has 0 bridgehead atoms. The zero-order valence-corrected chi connectivity index (χ0v) is 7.83. The van der Waals surface area contributed by atoms with Gasteiger partial charge in [-0.15, -0.1) is 0 Å². The molecule has 0 atom stereocenters. The van der Waals surface area contributed by atoms with Crippen molar-refractivity contribution < 1.29 is 18.3 Å². The molecule has 0 saturated heterocycles. The summed E-state index contributed by atoms with van der Waals surface area (Å²) in [5.74, 6) is 0. The fourth-order valence-corrected chi connectivity index (χ4v) is 1.77. The molecule has 78 valence electrons. The fourth-order valence-electron chi connectivity index (χ4n) is 1.51. The lowest BCUT2D eigenvalue weighted by molar-refractivity contribution is -0.270. The maximum absolute atomic E-state index is 12.3. The third-order valence-electron chi connectivity index (χ3n) is 2.52. The Morgan fingerprint density at radius 3 is 2.08 bits per heavy atom. The van der Waals surface area contributed by atoms with E-state index in [0.717, 1.165) is 0 Å². The summed E-state index contributed by atoms with van der Waals surface area (Å²) in [5.41, 5.74) is -2.48. The first kappa shape index (κ1) is 11.1. The van der Waals surface area contributed by atoms with E-state index >= 15 is 0 Å². The molecule has 0 aromatic carbocycles. The highest BCUT2D eigenvalue weighted by Crippen LogP contribution is 2.41. The van der Waals surface area contributed by atoms with Crippen molar-refractivity contribution in [3.63, 3.8) is 0 Å². The predicted molar refractivity (Wildman–Crippen MR) is 45.4 cm³/mol. The number of hydrogen-bond donors (Lipinski definition) is 3. The van der Waals surface area contributed by atoms with Gasteiger partial charge in [0.15, 0.2) is 5.60 Å². The van der Waals surface area contributed by atoms with E-state index in [4.69, 9.17) is 0 Å². The lowest BCUT2D eigenvalue weighted by Gasteiger charge is -2.36. The SMILES string of the molecule is O[C@]1(C(F)(F)F)CC[C@H](NS)CC1. The van der Waals surface area contributed by atoms with Crippen LogP contribution >= 0.6 is 12.8 Å². The Hall–Kier alpha value is 0.0600. The summed E-state index contributed by atoms with van der Waals surface area (Å²) in [6.07, 6.45) is -4.38. The van der Waals surface area contributed by atoms with Gasteiger partial charge in [-0.05, 0) is 25.7 Å². The standard InChI is InChI=1S/C7H12F3NOS/c8-7(9,10)6(12)3-1-5(11-13)2-4-6/h5,11-13H,1-4H2/t5-,6+. The number of nitrogens with one attached hydrogen (secondary N) is 1. The fraction of sp³-hybridized carbons (Fsp3) is 1.00. The van der Waals surface area contributed by atoms with Gasteiger partial charge in [-0.1, -0.05) is 12.8 Å². The zero-order valence-electron chi connectivity index (χ0n) is 6.93. The molecule has 0 amide bonds. The first-order valence-corrected chi connectivity index (χ1v) is 4.52. The van der Waals surface area contributed by atoms with Crippen molar-refractivity contribution in [3.8, 4) is 0 Å². The highest BCUT2D eigenvalue weighted by Gasteiger charge is 2.54. The van der Waals surface area contributed by atoms with Gasteiger partial charge < -0.3 is 5.11 Å². The van der Waals surface area contributed by atoms with E-state index < -0.39 is 11.8 Å². The van der Waals surface area contributed by atoms with Crippen LogP contribution in [0.3, 0.4) is 0 Å². The van der Waals surface area contributed by atoms with Crippen LogP contribution in [-0.4, -0.2) is 22.9 Å². The number of thiol groups is 1. The summed E-state index contributed by atoms with van der Waals surface area (Å²) >= 11 is 3.78. The van der Waals surface area contributed by atoms with Crippen LogP contribution in [0.15, 0.2) is 0 Å². The Balaban J connectivity index is 2.57. The second-order valence-corrected chi connectivity index (χ2v) is 3.69. The van der Waals surface area contributed by atoms with Crippen molar-refractivity contribution in [2.24, 2.45) is 0 Å². The van der Waals surface area contributed by atoms with E-state index in [-0.39, 0.29) is 18.9 Å². The third-order valence-corrected chi connectivity index (χ3v) is 2.89. The summed E-state index contributed by atoms with van der Waals surface area (Å²) in [6.45, 7) is 0. The van der Waals surface area contributed by atoms with Gasteiger partial charge >= 0.3 is 6.18 Å². The number of rotatable bonds is 1. The van der Waals surface area contributed by atoms with Crippen LogP contribution in [0.5, 0.6) is 0 Å². The lowest BCUT2D eigenvalue weighted by Crippen LogP contribution is -2.49. The molecule has 1 aliphatic carbocycles. The Kier molecular flexibility index (Phi) is 3.14. The van der Waals surface area contributed by atoms with Crippen molar-refractivity contribution in [1.82, 2.24) is 4.72 Å². The molecule has 2 N–H and O–H groups in total. The summed E-state index contributed by atoms with van der Waals surface area (Å²) in [4.78, 5) is 0.